The molecule has 88 valence electrons. The lowest BCUT2D eigenvalue weighted by Gasteiger charge is -2.26. The molecule has 0 aromatic carbocycles. The Kier molecular flexibility index (Phi) is 3.89. The normalized spacial score (nSPS) is 15.5. The molecule has 0 N–H and O–H groups in total. The fourth-order valence-electron chi connectivity index (χ4n) is 1.69. The molecule has 0 spiro atoms. The predicted octanol–water partition coefficient (Wildman–Crippen LogP) is 3.61. The molecule has 1 aliphatic rings. The van der Waals surface area contributed by atoms with E-state index in [1.165, 1.54) is 15.7 Å². The molecule has 1 fully saturated rings. The molecule has 16 heavy (non-hydrogen) atoms. The second kappa shape index (κ2) is 5.04. The molecular weight excluding hydrogens is 333 g/mol. The summed E-state index contributed by atoms with van der Waals surface area (Å²) >= 11 is 3.90. The number of rotatable bonds is 4. The number of hydrogen-bond donors (Lipinski definition) is 0. The monoisotopic (exact) mass is 349 g/mol. The van der Waals surface area contributed by atoms with Crippen LogP contribution >= 0.6 is 33.9 Å². The minimum atomic E-state index is 0.195. The van der Waals surface area contributed by atoms with Crippen LogP contribution in [0.5, 0.6) is 0 Å². The van der Waals surface area contributed by atoms with Gasteiger partial charge >= 0.3 is 0 Å². The summed E-state index contributed by atoms with van der Waals surface area (Å²) in [6.45, 7) is 5.12. The van der Waals surface area contributed by atoms with Crippen molar-refractivity contribution in [2.45, 2.75) is 32.7 Å². The number of hydrogen-bond acceptors (Lipinski definition) is 2. The van der Waals surface area contributed by atoms with Gasteiger partial charge < -0.3 is 4.90 Å². The van der Waals surface area contributed by atoms with E-state index < -0.39 is 0 Å². The van der Waals surface area contributed by atoms with Crippen molar-refractivity contribution in [3.8, 4) is 0 Å². The van der Waals surface area contributed by atoms with Crippen molar-refractivity contribution in [3.63, 3.8) is 0 Å². The highest BCUT2D eigenvalue weighted by Gasteiger charge is 2.28. The van der Waals surface area contributed by atoms with Crippen LogP contribution in [0.3, 0.4) is 0 Å². The maximum absolute atomic E-state index is 12.3. The van der Waals surface area contributed by atoms with Crippen LogP contribution in [0.4, 0.5) is 0 Å². The van der Waals surface area contributed by atoms with Gasteiger partial charge in [-0.15, -0.1) is 11.3 Å². The minimum Gasteiger partial charge on any atom is -0.336 e. The molecule has 1 saturated carbocycles. The van der Waals surface area contributed by atoms with Gasteiger partial charge in [-0.25, -0.2) is 0 Å². The molecule has 1 aromatic rings. The van der Waals surface area contributed by atoms with Crippen LogP contribution in [-0.4, -0.2) is 23.4 Å². The number of thiophene rings is 1. The molecule has 2 nitrogen and oxygen atoms in total. The SMILES string of the molecule is CC(C)N(CC1CC1)C(=O)c1csc(I)c1. The van der Waals surface area contributed by atoms with Crippen molar-refractivity contribution in [2.24, 2.45) is 5.92 Å². The largest absolute Gasteiger partial charge is 0.336 e. The number of carbonyl (C=O) groups excluding carboxylic acids is 1. The summed E-state index contributed by atoms with van der Waals surface area (Å²) in [5.41, 5.74) is 0.851. The summed E-state index contributed by atoms with van der Waals surface area (Å²) in [6, 6.07) is 2.28. The van der Waals surface area contributed by atoms with E-state index in [9.17, 15) is 4.79 Å². The summed E-state index contributed by atoms with van der Waals surface area (Å²) in [4.78, 5) is 14.3. The van der Waals surface area contributed by atoms with Gasteiger partial charge in [0.25, 0.3) is 5.91 Å². The van der Waals surface area contributed by atoms with Gasteiger partial charge in [0.1, 0.15) is 0 Å². The molecule has 2 rings (SSSR count). The molecular formula is C12H16INOS. The van der Waals surface area contributed by atoms with Crippen molar-refractivity contribution in [1.29, 1.82) is 0 Å². The third-order valence-electron chi connectivity index (χ3n) is 2.85. The molecule has 1 amide bonds. The summed E-state index contributed by atoms with van der Waals surface area (Å²) in [5.74, 6) is 0.949. The Hall–Kier alpha value is -0.100. The standard InChI is InChI=1S/C12H16INOS/c1-8(2)14(6-9-3-4-9)12(15)10-5-11(13)16-7-10/h5,7-9H,3-4,6H2,1-2H3. The van der Waals surface area contributed by atoms with E-state index in [2.05, 4.69) is 36.4 Å². The lowest BCUT2D eigenvalue weighted by molar-refractivity contribution is 0.0697. The van der Waals surface area contributed by atoms with Crippen LogP contribution in [0, 0.1) is 8.80 Å². The molecule has 1 aromatic heterocycles. The van der Waals surface area contributed by atoms with E-state index >= 15 is 0 Å². The zero-order valence-electron chi connectivity index (χ0n) is 9.57. The van der Waals surface area contributed by atoms with Crippen LogP contribution in [0.1, 0.15) is 37.0 Å². The zero-order valence-corrected chi connectivity index (χ0v) is 12.5. The molecule has 1 aliphatic carbocycles. The maximum atomic E-state index is 12.3. The van der Waals surface area contributed by atoms with Crippen molar-refractivity contribution in [2.75, 3.05) is 6.54 Å². The first kappa shape index (κ1) is 12.4. The van der Waals surface area contributed by atoms with E-state index in [1.807, 2.05) is 16.3 Å². The third-order valence-corrected chi connectivity index (χ3v) is 4.64. The Balaban J connectivity index is 2.09. The van der Waals surface area contributed by atoms with E-state index in [-0.39, 0.29) is 5.91 Å². The predicted molar refractivity (Wildman–Crippen MR) is 75.9 cm³/mol. The fraction of sp³-hybridized carbons (Fsp3) is 0.583. The first-order valence-electron chi connectivity index (χ1n) is 5.63. The van der Waals surface area contributed by atoms with Gasteiger partial charge in [0.15, 0.2) is 0 Å². The molecule has 0 atom stereocenters. The second-order valence-electron chi connectivity index (χ2n) is 4.63. The molecule has 0 unspecified atom stereocenters. The summed E-state index contributed by atoms with van der Waals surface area (Å²) < 4.78 is 1.18. The zero-order chi connectivity index (χ0) is 11.7. The third kappa shape index (κ3) is 2.97. The van der Waals surface area contributed by atoms with E-state index in [4.69, 9.17) is 0 Å². The Morgan fingerprint density at radius 2 is 2.31 bits per heavy atom. The highest BCUT2D eigenvalue weighted by Crippen LogP contribution is 2.31. The highest BCUT2D eigenvalue weighted by atomic mass is 127. The summed E-state index contributed by atoms with van der Waals surface area (Å²) in [6.07, 6.45) is 2.58. The first-order valence-corrected chi connectivity index (χ1v) is 7.58. The second-order valence-corrected chi connectivity index (χ2v) is 7.44. The van der Waals surface area contributed by atoms with Gasteiger partial charge in [0.05, 0.1) is 8.45 Å². The van der Waals surface area contributed by atoms with Gasteiger partial charge in [0, 0.05) is 18.0 Å². The van der Waals surface area contributed by atoms with Gasteiger partial charge in [0.2, 0.25) is 0 Å². The lowest BCUT2D eigenvalue weighted by atomic mass is 10.2. The van der Waals surface area contributed by atoms with Crippen LogP contribution in [-0.2, 0) is 0 Å². The minimum absolute atomic E-state index is 0.195. The number of nitrogens with zero attached hydrogens (tertiary/aromatic N) is 1. The van der Waals surface area contributed by atoms with Gasteiger partial charge in [-0.3, -0.25) is 4.79 Å². The van der Waals surface area contributed by atoms with E-state index in [0.29, 0.717) is 6.04 Å². The van der Waals surface area contributed by atoms with Crippen LogP contribution in [0.2, 0.25) is 0 Å². The van der Waals surface area contributed by atoms with Crippen molar-refractivity contribution in [1.82, 2.24) is 4.90 Å². The quantitative estimate of drug-likeness (QED) is 0.761. The molecule has 0 saturated heterocycles. The Labute approximate surface area is 114 Å². The molecule has 0 radical (unpaired) electrons. The molecule has 4 heteroatoms. The Morgan fingerprint density at radius 1 is 1.62 bits per heavy atom. The topological polar surface area (TPSA) is 20.3 Å². The summed E-state index contributed by atoms with van der Waals surface area (Å²) in [5, 5.41) is 1.96. The van der Waals surface area contributed by atoms with Crippen molar-refractivity contribution >= 4 is 39.8 Å². The maximum Gasteiger partial charge on any atom is 0.254 e. The molecule has 0 aliphatic heterocycles. The average molecular weight is 349 g/mol. The van der Waals surface area contributed by atoms with Crippen LogP contribution in [0.15, 0.2) is 11.4 Å². The number of halogens is 1. The lowest BCUT2D eigenvalue weighted by Crippen LogP contribution is -2.38. The van der Waals surface area contributed by atoms with Gasteiger partial charge in [-0.2, -0.15) is 0 Å². The number of carbonyl (C=O) groups is 1. The number of amides is 1. The molecule has 0 bridgehead atoms. The average Bonchev–Trinajstić information content (AvgIpc) is 2.95. The van der Waals surface area contributed by atoms with Crippen molar-refractivity contribution in [3.05, 3.63) is 19.9 Å². The van der Waals surface area contributed by atoms with Crippen LogP contribution < -0.4 is 0 Å². The van der Waals surface area contributed by atoms with E-state index in [1.54, 1.807) is 11.3 Å². The van der Waals surface area contributed by atoms with E-state index in [0.717, 1.165) is 18.0 Å². The summed E-state index contributed by atoms with van der Waals surface area (Å²) in [7, 11) is 0. The highest BCUT2D eigenvalue weighted by molar-refractivity contribution is 14.1. The van der Waals surface area contributed by atoms with Gasteiger partial charge in [-0.05, 0) is 61.3 Å². The smallest absolute Gasteiger partial charge is 0.254 e. The van der Waals surface area contributed by atoms with Gasteiger partial charge in [-0.1, -0.05) is 0 Å². The molecule has 1 heterocycles. The Bertz CT molecular complexity index is 384. The Morgan fingerprint density at radius 3 is 2.75 bits per heavy atom. The fourth-order valence-corrected chi connectivity index (χ4v) is 3.02. The van der Waals surface area contributed by atoms with Crippen molar-refractivity contribution < 1.29 is 4.79 Å². The van der Waals surface area contributed by atoms with Crippen LogP contribution in [0.25, 0.3) is 0 Å². The first-order chi connectivity index (χ1) is 7.58.